The Labute approximate surface area is 121 Å². The van der Waals surface area contributed by atoms with E-state index in [-0.39, 0.29) is 6.10 Å². The highest BCUT2D eigenvalue weighted by Gasteiger charge is 2.10. The first-order valence-electron chi connectivity index (χ1n) is 7.58. The van der Waals surface area contributed by atoms with Crippen LogP contribution in [0.15, 0.2) is 11.4 Å². The monoisotopic (exact) mass is 284 g/mol. The second-order valence-corrected chi connectivity index (χ2v) is 6.11. The Hall–Kier alpha value is -0.540. The van der Waals surface area contributed by atoms with Crippen LogP contribution < -0.4 is 4.74 Å². The fourth-order valence-electron chi connectivity index (χ4n) is 2.23. The first kappa shape index (κ1) is 16.5. The van der Waals surface area contributed by atoms with Crippen LogP contribution in [0.3, 0.4) is 0 Å². The SMILES string of the molecule is CCCCCCCCCCC(O)c1cc(OC)cs1. The molecule has 0 saturated carbocycles. The van der Waals surface area contributed by atoms with Crippen molar-refractivity contribution in [3.8, 4) is 5.75 Å². The number of rotatable bonds is 11. The molecule has 0 radical (unpaired) electrons. The van der Waals surface area contributed by atoms with Crippen molar-refractivity contribution in [3.05, 3.63) is 16.3 Å². The summed E-state index contributed by atoms with van der Waals surface area (Å²) in [5.41, 5.74) is 0. The molecule has 19 heavy (non-hydrogen) atoms. The van der Waals surface area contributed by atoms with Gasteiger partial charge >= 0.3 is 0 Å². The molecule has 0 bridgehead atoms. The van der Waals surface area contributed by atoms with Crippen LogP contribution in [-0.4, -0.2) is 12.2 Å². The number of aliphatic hydroxyl groups is 1. The molecular weight excluding hydrogens is 256 g/mol. The van der Waals surface area contributed by atoms with Crippen molar-refractivity contribution in [1.29, 1.82) is 0 Å². The first-order chi connectivity index (χ1) is 9.27. The number of ether oxygens (including phenoxy) is 1. The van der Waals surface area contributed by atoms with Gasteiger partial charge in [0.15, 0.2) is 0 Å². The molecule has 110 valence electrons. The number of thiophene rings is 1. The van der Waals surface area contributed by atoms with Crippen LogP contribution in [0.5, 0.6) is 5.75 Å². The van der Waals surface area contributed by atoms with Gasteiger partial charge < -0.3 is 9.84 Å². The zero-order valence-corrected chi connectivity index (χ0v) is 13.2. The Balaban J connectivity index is 2.02. The molecular formula is C16H28O2S. The molecule has 0 aromatic carbocycles. The van der Waals surface area contributed by atoms with Crippen molar-refractivity contribution in [3.63, 3.8) is 0 Å². The van der Waals surface area contributed by atoms with Gasteiger partial charge in [0.25, 0.3) is 0 Å². The van der Waals surface area contributed by atoms with E-state index in [4.69, 9.17) is 4.74 Å². The summed E-state index contributed by atoms with van der Waals surface area (Å²) in [5.74, 6) is 0.856. The molecule has 1 aromatic rings. The minimum atomic E-state index is -0.311. The van der Waals surface area contributed by atoms with E-state index in [2.05, 4.69) is 6.92 Å². The average molecular weight is 284 g/mol. The highest BCUT2D eigenvalue weighted by Crippen LogP contribution is 2.29. The molecule has 2 nitrogen and oxygen atoms in total. The van der Waals surface area contributed by atoms with Crippen LogP contribution >= 0.6 is 11.3 Å². The maximum atomic E-state index is 10.1. The van der Waals surface area contributed by atoms with Crippen molar-refractivity contribution in [1.82, 2.24) is 0 Å². The second kappa shape index (κ2) is 10.3. The second-order valence-electron chi connectivity index (χ2n) is 5.17. The molecule has 0 fully saturated rings. The van der Waals surface area contributed by atoms with Crippen molar-refractivity contribution in [2.24, 2.45) is 0 Å². The average Bonchev–Trinajstić information content (AvgIpc) is 2.90. The molecule has 0 aliphatic rings. The fourth-order valence-corrected chi connectivity index (χ4v) is 3.11. The molecule has 1 aromatic heterocycles. The summed E-state index contributed by atoms with van der Waals surface area (Å²) in [7, 11) is 1.66. The third kappa shape index (κ3) is 6.98. The van der Waals surface area contributed by atoms with Crippen LogP contribution in [0.25, 0.3) is 0 Å². The van der Waals surface area contributed by atoms with Crippen molar-refractivity contribution < 1.29 is 9.84 Å². The van der Waals surface area contributed by atoms with Gasteiger partial charge in [0, 0.05) is 10.3 Å². The van der Waals surface area contributed by atoms with Crippen molar-refractivity contribution in [2.45, 2.75) is 70.8 Å². The third-order valence-electron chi connectivity index (χ3n) is 3.49. The summed E-state index contributed by atoms with van der Waals surface area (Å²) in [6.45, 7) is 2.25. The van der Waals surface area contributed by atoms with E-state index in [0.717, 1.165) is 23.5 Å². The van der Waals surface area contributed by atoms with E-state index in [9.17, 15) is 5.11 Å². The smallest absolute Gasteiger partial charge is 0.129 e. The molecule has 1 atom stereocenters. The molecule has 0 aliphatic carbocycles. The predicted molar refractivity (Wildman–Crippen MR) is 83.1 cm³/mol. The van der Waals surface area contributed by atoms with Crippen molar-refractivity contribution >= 4 is 11.3 Å². The lowest BCUT2D eigenvalue weighted by Gasteiger charge is -2.08. The normalized spacial score (nSPS) is 12.6. The Morgan fingerprint density at radius 2 is 1.74 bits per heavy atom. The third-order valence-corrected chi connectivity index (χ3v) is 4.50. The van der Waals surface area contributed by atoms with Gasteiger partial charge in [-0.3, -0.25) is 0 Å². The first-order valence-corrected chi connectivity index (χ1v) is 8.46. The number of unbranched alkanes of at least 4 members (excludes halogenated alkanes) is 7. The van der Waals surface area contributed by atoms with E-state index < -0.39 is 0 Å². The molecule has 0 saturated heterocycles. The minimum absolute atomic E-state index is 0.311. The zero-order valence-electron chi connectivity index (χ0n) is 12.4. The zero-order chi connectivity index (χ0) is 13.9. The molecule has 1 heterocycles. The van der Waals surface area contributed by atoms with Crippen LogP contribution in [0.4, 0.5) is 0 Å². The maximum Gasteiger partial charge on any atom is 0.129 e. The van der Waals surface area contributed by atoms with E-state index in [1.807, 2.05) is 11.4 Å². The highest BCUT2D eigenvalue weighted by atomic mass is 32.1. The van der Waals surface area contributed by atoms with E-state index in [1.165, 1.54) is 44.9 Å². The fraction of sp³-hybridized carbons (Fsp3) is 0.750. The quantitative estimate of drug-likeness (QED) is 0.557. The Kier molecular flexibility index (Phi) is 8.93. The van der Waals surface area contributed by atoms with Gasteiger partial charge in [0.1, 0.15) is 5.75 Å². The Morgan fingerprint density at radius 1 is 1.11 bits per heavy atom. The standard InChI is InChI=1S/C16H28O2S/c1-3-4-5-6-7-8-9-10-11-15(17)16-12-14(18-2)13-19-16/h12-13,15,17H,3-11H2,1-2H3. The van der Waals surface area contributed by atoms with E-state index in [1.54, 1.807) is 18.4 Å². The van der Waals surface area contributed by atoms with Gasteiger partial charge in [-0.05, 0) is 12.5 Å². The maximum absolute atomic E-state index is 10.1. The molecule has 1 unspecified atom stereocenters. The summed E-state index contributed by atoms with van der Waals surface area (Å²) >= 11 is 1.58. The summed E-state index contributed by atoms with van der Waals surface area (Å²) in [6.07, 6.45) is 11.0. The lowest BCUT2D eigenvalue weighted by molar-refractivity contribution is 0.167. The Morgan fingerprint density at radius 3 is 2.32 bits per heavy atom. The number of hydrogen-bond donors (Lipinski definition) is 1. The highest BCUT2D eigenvalue weighted by molar-refractivity contribution is 7.10. The molecule has 1 N–H and O–H groups in total. The molecule has 1 rings (SSSR count). The number of methoxy groups -OCH3 is 1. The lowest BCUT2D eigenvalue weighted by Crippen LogP contribution is -1.94. The molecule has 3 heteroatoms. The van der Waals surface area contributed by atoms with Crippen LogP contribution in [0, 0.1) is 0 Å². The largest absolute Gasteiger partial charge is 0.496 e. The minimum Gasteiger partial charge on any atom is -0.496 e. The van der Waals surface area contributed by atoms with Gasteiger partial charge in [-0.25, -0.2) is 0 Å². The van der Waals surface area contributed by atoms with Crippen LogP contribution in [-0.2, 0) is 0 Å². The van der Waals surface area contributed by atoms with E-state index in [0.29, 0.717) is 0 Å². The van der Waals surface area contributed by atoms with Gasteiger partial charge in [-0.1, -0.05) is 58.3 Å². The summed E-state index contributed by atoms with van der Waals surface area (Å²) in [5, 5.41) is 12.0. The van der Waals surface area contributed by atoms with Gasteiger partial charge in [-0.2, -0.15) is 0 Å². The predicted octanol–water partition coefficient (Wildman–Crippen LogP) is 5.32. The number of hydrogen-bond acceptors (Lipinski definition) is 3. The topological polar surface area (TPSA) is 29.5 Å². The lowest BCUT2D eigenvalue weighted by atomic mass is 10.1. The summed E-state index contributed by atoms with van der Waals surface area (Å²) in [4.78, 5) is 1.03. The summed E-state index contributed by atoms with van der Waals surface area (Å²) in [6, 6.07) is 1.94. The van der Waals surface area contributed by atoms with Gasteiger partial charge in [-0.15, -0.1) is 11.3 Å². The van der Waals surface area contributed by atoms with Crippen LogP contribution in [0.2, 0.25) is 0 Å². The van der Waals surface area contributed by atoms with E-state index >= 15 is 0 Å². The number of aliphatic hydroxyl groups excluding tert-OH is 1. The molecule has 0 aliphatic heterocycles. The van der Waals surface area contributed by atoms with Crippen LogP contribution in [0.1, 0.15) is 75.7 Å². The van der Waals surface area contributed by atoms with Crippen molar-refractivity contribution in [2.75, 3.05) is 7.11 Å². The van der Waals surface area contributed by atoms with Gasteiger partial charge in [0.05, 0.1) is 13.2 Å². The Bertz CT molecular complexity index is 322. The van der Waals surface area contributed by atoms with Gasteiger partial charge in [0.2, 0.25) is 0 Å². The summed E-state index contributed by atoms with van der Waals surface area (Å²) < 4.78 is 5.13. The molecule has 0 spiro atoms. The molecule has 0 amide bonds.